The fourth-order valence-corrected chi connectivity index (χ4v) is 3.60. The van der Waals surface area contributed by atoms with Crippen molar-refractivity contribution in [3.8, 4) is 0 Å². The van der Waals surface area contributed by atoms with Crippen molar-refractivity contribution in [2.24, 2.45) is 0 Å². The predicted molar refractivity (Wildman–Crippen MR) is 87.7 cm³/mol. The van der Waals surface area contributed by atoms with E-state index in [9.17, 15) is 8.42 Å². The highest BCUT2D eigenvalue weighted by molar-refractivity contribution is 7.89. The van der Waals surface area contributed by atoms with Crippen LogP contribution < -0.4 is 4.90 Å². The molecule has 2 heterocycles. The Balaban J connectivity index is 1.93. The third-order valence-corrected chi connectivity index (χ3v) is 5.73. The maximum Gasteiger partial charge on any atom is 0.213 e. The first-order valence-corrected chi connectivity index (χ1v) is 9.25. The van der Waals surface area contributed by atoms with Crippen LogP contribution in [-0.4, -0.2) is 63.4 Å². The van der Waals surface area contributed by atoms with Gasteiger partial charge in [-0.25, -0.2) is 13.4 Å². The topological polar surface area (TPSA) is 62.7 Å². The van der Waals surface area contributed by atoms with Gasteiger partial charge in [0.1, 0.15) is 5.82 Å². The molecular formula is C15H25N3O3S. The highest BCUT2D eigenvalue weighted by atomic mass is 32.2. The summed E-state index contributed by atoms with van der Waals surface area (Å²) in [5.41, 5.74) is 1.19. The summed E-state index contributed by atoms with van der Waals surface area (Å²) in [6.07, 6.45) is 3.44. The van der Waals surface area contributed by atoms with Gasteiger partial charge in [0.2, 0.25) is 10.0 Å². The summed E-state index contributed by atoms with van der Waals surface area (Å²) in [6.45, 7) is 3.08. The predicted octanol–water partition coefficient (Wildman–Crippen LogP) is 1.13. The number of morpholine rings is 1. The lowest BCUT2D eigenvalue weighted by Crippen LogP contribution is -2.46. The molecule has 1 aromatic rings. The van der Waals surface area contributed by atoms with E-state index >= 15 is 0 Å². The molecule has 1 unspecified atom stereocenters. The molecule has 2 rings (SSSR count). The highest BCUT2D eigenvalue weighted by Crippen LogP contribution is 2.17. The van der Waals surface area contributed by atoms with Gasteiger partial charge >= 0.3 is 0 Å². The second-order valence-electron chi connectivity index (χ2n) is 5.71. The van der Waals surface area contributed by atoms with Gasteiger partial charge in [-0.3, -0.25) is 0 Å². The van der Waals surface area contributed by atoms with Crippen LogP contribution in [0.4, 0.5) is 5.82 Å². The average molecular weight is 327 g/mol. The number of nitrogens with zero attached hydrogens (tertiary/aromatic N) is 3. The first kappa shape index (κ1) is 17.2. The Kier molecular flexibility index (Phi) is 5.77. The molecule has 0 radical (unpaired) electrons. The lowest BCUT2D eigenvalue weighted by Gasteiger charge is -2.32. The zero-order valence-electron chi connectivity index (χ0n) is 13.5. The summed E-state index contributed by atoms with van der Waals surface area (Å²) in [4.78, 5) is 6.26. The third-order valence-electron chi connectivity index (χ3n) is 3.88. The molecule has 0 aromatic carbocycles. The normalized spacial score (nSPS) is 20.0. The van der Waals surface area contributed by atoms with E-state index in [1.807, 2.05) is 25.1 Å². The zero-order chi connectivity index (χ0) is 16.2. The Bertz CT molecular complexity index is 589. The van der Waals surface area contributed by atoms with E-state index in [0.717, 1.165) is 18.7 Å². The van der Waals surface area contributed by atoms with Crippen LogP contribution in [0, 0.1) is 0 Å². The highest BCUT2D eigenvalue weighted by Gasteiger charge is 2.27. The second kappa shape index (κ2) is 7.39. The molecule has 1 aliphatic rings. The zero-order valence-corrected chi connectivity index (χ0v) is 14.3. The van der Waals surface area contributed by atoms with Gasteiger partial charge in [-0.2, -0.15) is 4.31 Å². The monoisotopic (exact) mass is 327 g/mol. The first-order valence-electron chi connectivity index (χ1n) is 7.64. The smallest absolute Gasteiger partial charge is 0.213 e. The van der Waals surface area contributed by atoms with Crippen LogP contribution in [0.5, 0.6) is 0 Å². The van der Waals surface area contributed by atoms with Gasteiger partial charge in [0.25, 0.3) is 0 Å². The van der Waals surface area contributed by atoms with Crippen molar-refractivity contribution in [2.45, 2.75) is 25.9 Å². The number of ether oxygens (including phenoxy) is 1. The summed E-state index contributed by atoms with van der Waals surface area (Å²) >= 11 is 0. The molecule has 124 valence electrons. The van der Waals surface area contributed by atoms with Crippen molar-refractivity contribution in [3.05, 3.63) is 23.9 Å². The molecule has 1 aliphatic heterocycles. The molecule has 22 heavy (non-hydrogen) atoms. The standard InChI is InChI=1S/C15H25N3O3S/c1-4-22(19,20)18-9-10-21-14(12-18)6-5-13-7-8-16-15(11-13)17(2)3/h7-8,11,14H,4-6,9-10,12H2,1-3H3. The van der Waals surface area contributed by atoms with Crippen LogP contribution in [0.3, 0.4) is 0 Å². The van der Waals surface area contributed by atoms with Crippen molar-refractivity contribution in [2.75, 3.05) is 44.4 Å². The van der Waals surface area contributed by atoms with Crippen molar-refractivity contribution in [1.82, 2.24) is 9.29 Å². The fourth-order valence-electron chi connectivity index (χ4n) is 2.49. The van der Waals surface area contributed by atoms with E-state index in [1.54, 1.807) is 17.4 Å². The molecule has 0 amide bonds. The van der Waals surface area contributed by atoms with E-state index in [0.29, 0.717) is 19.7 Å². The SMILES string of the molecule is CCS(=O)(=O)N1CCOC(CCc2ccnc(N(C)C)c2)C1. The van der Waals surface area contributed by atoms with E-state index in [-0.39, 0.29) is 11.9 Å². The second-order valence-corrected chi connectivity index (χ2v) is 7.96. The minimum Gasteiger partial charge on any atom is -0.375 e. The number of pyridine rings is 1. The van der Waals surface area contributed by atoms with Gasteiger partial charge in [-0.1, -0.05) is 0 Å². The van der Waals surface area contributed by atoms with Gasteiger partial charge in [0.05, 0.1) is 18.5 Å². The Morgan fingerprint density at radius 3 is 2.91 bits per heavy atom. The van der Waals surface area contributed by atoms with Crippen LogP contribution in [0.25, 0.3) is 0 Å². The number of hydrogen-bond donors (Lipinski definition) is 0. The fraction of sp³-hybridized carbons (Fsp3) is 0.667. The largest absolute Gasteiger partial charge is 0.375 e. The Morgan fingerprint density at radius 2 is 2.23 bits per heavy atom. The lowest BCUT2D eigenvalue weighted by atomic mass is 10.1. The molecular weight excluding hydrogens is 302 g/mol. The quantitative estimate of drug-likeness (QED) is 0.784. The Labute approximate surface area is 133 Å². The molecule has 0 N–H and O–H groups in total. The molecule has 1 aromatic heterocycles. The number of hydrogen-bond acceptors (Lipinski definition) is 5. The van der Waals surface area contributed by atoms with E-state index in [2.05, 4.69) is 11.1 Å². The lowest BCUT2D eigenvalue weighted by molar-refractivity contribution is -0.00521. The van der Waals surface area contributed by atoms with Gasteiger partial charge in [-0.15, -0.1) is 0 Å². The average Bonchev–Trinajstić information content (AvgIpc) is 2.53. The van der Waals surface area contributed by atoms with Crippen LogP contribution >= 0.6 is 0 Å². The van der Waals surface area contributed by atoms with Gasteiger partial charge in [0, 0.05) is 33.4 Å². The summed E-state index contributed by atoms with van der Waals surface area (Å²) < 4.78 is 31.2. The summed E-state index contributed by atoms with van der Waals surface area (Å²) in [6, 6.07) is 4.06. The van der Waals surface area contributed by atoms with E-state index in [1.165, 1.54) is 5.56 Å². The minimum absolute atomic E-state index is 0.0361. The summed E-state index contributed by atoms with van der Waals surface area (Å²) in [7, 11) is 0.806. The van der Waals surface area contributed by atoms with Crippen molar-refractivity contribution < 1.29 is 13.2 Å². The van der Waals surface area contributed by atoms with Crippen LogP contribution in [0.1, 0.15) is 18.9 Å². The van der Waals surface area contributed by atoms with Crippen molar-refractivity contribution >= 4 is 15.8 Å². The van der Waals surface area contributed by atoms with E-state index in [4.69, 9.17) is 4.74 Å². The van der Waals surface area contributed by atoms with Gasteiger partial charge < -0.3 is 9.64 Å². The van der Waals surface area contributed by atoms with Crippen LogP contribution in [-0.2, 0) is 21.2 Å². The molecule has 0 bridgehead atoms. The number of aromatic nitrogens is 1. The van der Waals surface area contributed by atoms with Gasteiger partial charge in [0.15, 0.2) is 0 Å². The molecule has 6 nitrogen and oxygen atoms in total. The van der Waals surface area contributed by atoms with E-state index < -0.39 is 10.0 Å². The minimum atomic E-state index is -3.12. The number of sulfonamides is 1. The molecule has 1 atom stereocenters. The van der Waals surface area contributed by atoms with Crippen LogP contribution in [0.2, 0.25) is 0 Å². The molecule has 0 saturated carbocycles. The molecule has 7 heteroatoms. The number of aryl methyl sites for hydroxylation is 1. The van der Waals surface area contributed by atoms with Crippen molar-refractivity contribution in [1.29, 1.82) is 0 Å². The number of rotatable bonds is 6. The summed E-state index contributed by atoms with van der Waals surface area (Å²) in [5.74, 6) is 1.08. The molecule has 0 aliphatic carbocycles. The summed E-state index contributed by atoms with van der Waals surface area (Å²) in [5, 5.41) is 0. The van der Waals surface area contributed by atoms with Crippen LogP contribution in [0.15, 0.2) is 18.3 Å². The Morgan fingerprint density at radius 1 is 1.45 bits per heavy atom. The molecule has 1 fully saturated rings. The maximum atomic E-state index is 12.0. The third kappa shape index (κ3) is 4.41. The first-order chi connectivity index (χ1) is 10.4. The Hall–Kier alpha value is -1.18. The maximum absolute atomic E-state index is 12.0. The molecule has 0 spiro atoms. The van der Waals surface area contributed by atoms with Crippen molar-refractivity contribution in [3.63, 3.8) is 0 Å². The molecule has 1 saturated heterocycles. The number of anilines is 1. The van der Waals surface area contributed by atoms with Gasteiger partial charge in [-0.05, 0) is 37.5 Å².